The smallest absolute Gasteiger partial charge is 0.408 e. The minimum atomic E-state index is -1.02. The highest BCUT2D eigenvalue weighted by Gasteiger charge is 2.38. The normalized spacial score (nSPS) is 15.8. The van der Waals surface area contributed by atoms with Crippen LogP contribution in [0.1, 0.15) is 65.9 Å². The largest absolute Gasteiger partial charge is 0.480 e. The minimum absolute atomic E-state index is 0.120. The van der Waals surface area contributed by atoms with Crippen LogP contribution >= 0.6 is 0 Å². The fraction of sp³-hybridized carbons (Fsp3) is 0.625. The zero-order valence-electron chi connectivity index (χ0n) is 19.3. The number of hydrogen-bond donors (Lipinski definition) is 2. The Hall–Kier alpha value is -2.57. The van der Waals surface area contributed by atoms with Crippen LogP contribution in [0.25, 0.3) is 0 Å². The van der Waals surface area contributed by atoms with E-state index in [1.807, 2.05) is 44.2 Å². The number of alkyl carbamates (subject to hydrolysis) is 1. The van der Waals surface area contributed by atoms with Crippen molar-refractivity contribution in [1.82, 2.24) is 10.2 Å². The van der Waals surface area contributed by atoms with Gasteiger partial charge in [-0.2, -0.15) is 0 Å². The maximum atomic E-state index is 13.6. The molecule has 1 aliphatic carbocycles. The van der Waals surface area contributed by atoms with Crippen molar-refractivity contribution in [2.24, 2.45) is 11.8 Å². The summed E-state index contributed by atoms with van der Waals surface area (Å²) in [4.78, 5) is 39.6. The average Bonchev–Trinajstić information content (AvgIpc) is 3.46. The molecular formula is C24H36N2O5. The molecule has 0 radical (unpaired) electrons. The summed E-state index contributed by atoms with van der Waals surface area (Å²) in [6, 6.07) is 7.54. The summed E-state index contributed by atoms with van der Waals surface area (Å²) in [6.45, 7) is 9.35. The van der Waals surface area contributed by atoms with Crippen molar-refractivity contribution < 1.29 is 24.2 Å². The monoisotopic (exact) mass is 432 g/mol. The third-order valence-corrected chi connectivity index (χ3v) is 5.09. The van der Waals surface area contributed by atoms with E-state index >= 15 is 0 Å². The van der Waals surface area contributed by atoms with Gasteiger partial charge in [-0.15, -0.1) is 0 Å². The highest BCUT2D eigenvalue weighted by Crippen LogP contribution is 2.35. The molecule has 0 unspecified atom stereocenters. The van der Waals surface area contributed by atoms with Crippen molar-refractivity contribution >= 4 is 18.0 Å². The molecule has 0 aromatic heterocycles. The van der Waals surface area contributed by atoms with E-state index < -0.39 is 35.7 Å². The number of hydrogen-bond acceptors (Lipinski definition) is 4. The van der Waals surface area contributed by atoms with Gasteiger partial charge in [0.25, 0.3) is 0 Å². The SMILES string of the molecule is CC(C)C[C@@H](NC(=O)OC(C)(C)C)C(=O)N(Cc1ccccc1)[C@@H](CC1CC1)C(=O)O. The molecule has 0 aliphatic heterocycles. The molecule has 2 N–H and O–H groups in total. The molecule has 2 atom stereocenters. The second-order valence-electron chi connectivity index (χ2n) is 9.81. The van der Waals surface area contributed by atoms with Crippen LogP contribution in [-0.2, 0) is 20.9 Å². The lowest BCUT2D eigenvalue weighted by Crippen LogP contribution is -2.54. The Labute approximate surface area is 185 Å². The first-order chi connectivity index (χ1) is 14.5. The lowest BCUT2D eigenvalue weighted by Gasteiger charge is -2.33. The summed E-state index contributed by atoms with van der Waals surface area (Å²) in [7, 11) is 0. The van der Waals surface area contributed by atoms with Gasteiger partial charge in [-0.05, 0) is 51.0 Å². The molecule has 7 nitrogen and oxygen atoms in total. The van der Waals surface area contributed by atoms with Crippen LogP contribution in [0.4, 0.5) is 4.79 Å². The fourth-order valence-corrected chi connectivity index (χ4v) is 3.50. The van der Waals surface area contributed by atoms with Gasteiger partial charge in [0, 0.05) is 6.54 Å². The van der Waals surface area contributed by atoms with Gasteiger partial charge >= 0.3 is 12.1 Å². The molecule has 0 spiro atoms. The summed E-state index contributed by atoms with van der Waals surface area (Å²) in [5, 5.41) is 12.6. The predicted molar refractivity (Wildman–Crippen MR) is 118 cm³/mol. The summed E-state index contributed by atoms with van der Waals surface area (Å²) in [6.07, 6.45) is 2.11. The molecule has 0 bridgehead atoms. The molecule has 1 saturated carbocycles. The van der Waals surface area contributed by atoms with E-state index in [0.29, 0.717) is 18.8 Å². The van der Waals surface area contributed by atoms with Crippen LogP contribution in [0.15, 0.2) is 30.3 Å². The second kappa shape index (κ2) is 10.6. The van der Waals surface area contributed by atoms with Crippen molar-refractivity contribution in [3.63, 3.8) is 0 Å². The van der Waals surface area contributed by atoms with Crippen LogP contribution in [-0.4, -0.2) is 45.7 Å². The maximum absolute atomic E-state index is 13.6. The van der Waals surface area contributed by atoms with Gasteiger partial charge in [0.05, 0.1) is 0 Å². The lowest BCUT2D eigenvalue weighted by molar-refractivity contribution is -0.152. The summed E-state index contributed by atoms with van der Waals surface area (Å²) in [5.41, 5.74) is 0.146. The van der Waals surface area contributed by atoms with Crippen molar-refractivity contribution in [2.75, 3.05) is 0 Å². The van der Waals surface area contributed by atoms with E-state index in [1.165, 1.54) is 4.90 Å². The molecule has 1 fully saturated rings. The molecule has 2 rings (SSSR count). The number of ether oxygens (including phenoxy) is 1. The summed E-state index contributed by atoms with van der Waals surface area (Å²) < 4.78 is 5.34. The van der Waals surface area contributed by atoms with Gasteiger partial charge in [-0.3, -0.25) is 4.79 Å². The third kappa shape index (κ3) is 8.59. The van der Waals surface area contributed by atoms with Crippen LogP contribution in [0.5, 0.6) is 0 Å². The average molecular weight is 433 g/mol. The van der Waals surface area contributed by atoms with Crippen LogP contribution in [0, 0.1) is 11.8 Å². The van der Waals surface area contributed by atoms with Crippen molar-refractivity contribution in [1.29, 1.82) is 0 Å². The fourth-order valence-electron chi connectivity index (χ4n) is 3.50. The highest BCUT2D eigenvalue weighted by molar-refractivity contribution is 5.89. The van der Waals surface area contributed by atoms with Gasteiger partial charge in [0.15, 0.2) is 0 Å². The third-order valence-electron chi connectivity index (χ3n) is 5.09. The molecule has 0 saturated heterocycles. The van der Waals surface area contributed by atoms with Crippen molar-refractivity contribution in [3.8, 4) is 0 Å². The molecule has 1 aromatic rings. The molecule has 2 amide bonds. The zero-order chi connectivity index (χ0) is 23.2. The maximum Gasteiger partial charge on any atom is 0.408 e. The molecule has 31 heavy (non-hydrogen) atoms. The Balaban J connectivity index is 2.30. The predicted octanol–water partition coefficient (Wildman–Crippen LogP) is 4.21. The van der Waals surface area contributed by atoms with Crippen molar-refractivity contribution in [2.45, 2.75) is 84.5 Å². The van der Waals surface area contributed by atoms with Gasteiger partial charge in [0.1, 0.15) is 17.7 Å². The second-order valence-corrected chi connectivity index (χ2v) is 9.81. The van der Waals surface area contributed by atoms with Gasteiger partial charge in [0.2, 0.25) is 5.91 Å². The molecule has 0 heterocycles. The topological polar surface area (TPSA) is 95.9 Å². The highest BCUT2D eigenvalue weighted by atomic mass is 16.6. The Morgan fingerprint density at radius 2 is 1.77 bits per heavy atom. The molecule has 7 heteroatoms. The Morgan fingerprint density at radius 1 is 1.16 bits per heavy atom. The van der Waals surface area contributed by atoms with Gasteiger partial charge < -0.3 is 20.1 Å². The summed E-state index contributed by atoms with van der Waals surface area (Å²) in [5.74, 6) is -0.961. The number of nitrogens with one attached hydrogen (secondary N) is 1. The molecule has 1 aromatic carbocycles. The standard InChI is InChI=1S/C24H36N2O5/c1-16(2)13-19(25-23(30)31-24(3,4)5)21(27)26(15-18-9-7-6-8-10-18)20(22(28)29)14-17-11-12-17/h6-10,16-17,19-20H,11-15H2,1-5H3,(H,25,30)(H,28,29)/t19-,20+/m1/s1. The number of benzene rings is 1. The number of carbonyl (C=O) groups excluding carboxylic acids is 2. The van der Waals surface area contributed by atoms with E-state index in [9.17, 15) is 19.5 Å². The molecular weight excluding hydrogens is 396 g/mol. The number of nitrogens with zero attached hydrogens (tertiary/aromatic N) is 1. The summed E-state index contributed by atoms with van der Waals surface area (Å²) >= 11 is 0. The van der Waals surface area contributed by atoms with Gasteiger partial charge in [-0.25, -0.2) is 9.59 Å². The van der Waals surface area contributed by atoms with Crippen LogP contribution in [0.3, 0.4) is 0 Å². The number of amides is 2. The van der Waals surface area contributed by atoms with E-state index in [0.717, 1.165) is 18.4 Å². The first-order valence-corrected chi connectivity index (χ1v) is 11.0. The van der Waals surface area contributed by atoms with Gasteiger partial charge in [-0.1, -0.05) is 57.0 Å². The Bertz CT molecular complexity index is 753. The van der Waals surface area contributed by atoms with E-state index in [1.54, 1.807) is 20.8 Å². The Morgan fingerprint density at radius 3 is 2.26 bits per heavy atom. The van der Waals surface area contributed by atoms with Crippen molar-refractivity contribution in [3.05, 3.63) is 35.9 Å². The Kier molecular flexibility index (Phi) is 8.48. The zero-order valence-corrected chi connectivity index (χ0v) is 19.3. The van der Waals surface area contributed by atoms with E-state index in [4.69, 9.17) is 4.74 Å². The number of carboxylic acid groups (broad SMARTS) is 1. The minimum Gasteiger partial charge on any atom is -0.480 e. The first kappa shape index (κ1) is 24.7. The molecule has 1 aliphatic rings. The molecule has 172 valence electrons. The quantitative estimate of drug-likeness (QED) is 0.577. The first-order valence-electron chi connectivity index (χ1n) is 11.0. The lowest BCUT2D eigenvalue weighted by atomic mass is 10.00. The number of carboxylic acids is 1. The van der Waals surface area contributed by atoms with E-state index in [-0.39, 0.29) is 12.5 Å². The van der Waals surface area contributed by atoms with Crippen LogP contribution in [0.2, 0.25) is 0 Å². The van der Waals surface area contributed by atoms with E-state index in [2.05, 4.69) is 5.32 Å². The number of carbonyl (C=O) groups is 3. The van der Waals surface area contributed by atoms with Crippen LogP contribution < -0.4 is 5.32 Å². The number of aliphatic carboxylic acids is 1. The number of rotatable bonds is 10.